The van der Waals surface area contributed by atoms with Gasteiger partial charge in [0.1, 0.15) is 17.6 Å². The molecule has 2 heterocycles. The van der Waals surface area contributed by atoms with Crippen LogP contribution in [0, 0.1) is 12.8 Å². The van der Waals surface area contributed by atoms with E-state index in [0.29, 0.717) is 24.6 Å². The van der Waals surface area contributed by atoms with E-state index in [-0.39, 0.29) is 17.9 Å². The van der Waals surface area contributed by atoms with Gasteiger partial charge in [-0.05, 0) is 19.8 Å². The molecule has 0 spiro atoms. The van der Waals surface area contributed by atoms with Gasteiger partial charge >= 0.3 is 5.63 Å². The Morgan fingerprint density at radius 1 is 1.40 bits per heavy atom. The molecule has 0 radical (unpaired) electrons. The highest BCUT2D eigenvalue weighted by Crippen LogP contribution is 2.21. The molecule has 1 aliphatic heterocycles. The van der Waals surface area contributed by atoms with Crippen LogP contribution in [0.25, 0.3) is 0 Å². The van der Waals surface area contributed by atoms with E-state index in [1.807, 2.05) is 18.7 Å². The van der Waals surface area contributed by atoms with Crippen LogP contribution < -0.4 is 10.4 Å². The second-order valence-corrected chi connectivity index (χ2v) is 5.22. The molecule has 1 saturated heterocycles. The molecular weight excluding hydrogens is 258 g/mol. The van der Waals surface area contributed by atoms with Crippen molar-refractivity contribution in [3.63, 3.8) is 0 Å². The number of likely N-dealkylation sites (tertiary alicyclic amines) is 1. The van der Waals surface area contributed by atoms with E-state index >= 15 is 0 Å². The van der Waals surface area contributed by atoms with Gasteiger partial charge in [0.2, 0.25) is 5.91 Å². The number of hydrogen-bond donors (Lipinski definition) is 0. The first-order chi connectivity index (χ1) is 9.53. The Kier molecular flexibility index (Phi) is 4.47. The molecule has 0 N–H and O–H groups in total. The van der Waals surface area contributed by atoms with Crippen LogP contribution in [-0.4, -0.2) is 30.0 Å². The number of carbonyl (C=O) groups excluding carboxylic acids is 1. The molecule has 0 unspecified atom stereocenters. The maximum atomic E-state index is 12.1. The van der Waals surface area contributed by atoms with Crippen molar-refractivity contribution in [1.82, 2.24) is 4.90 Å². The summed E-state index contributed by atoms with van der Waals surface area (Å²) < 4.78 is 10.6. The molecule has 0 saturated carbocycles. The molecule has 0 bridgehead atoms. The van der Waals surface area contributed by atoms with Crippen LogP contribution in [0.1, 0.15) is 32.4 Å². The highest BCUT2D eigenvalue weighted by atomic mass is 16.5. The van der Waals surface area contributed by atoms with Gasteiger partial charge in [-0.15, -0.1) is 0 Å². The van der Waals surface area contributed by atoms with Gasteiger partial charge in [0.05, 0.1) is 19.2 Å². The average Bonchev–Trinajstić information content (AvgIpc) is 2.33. The lowest BCUT2D eigenvalue weighted by Gasteiger charge is -2.40. The summed E-state index contributed by atoms with van der Waals surface area (Å²) in [4.78, 5) is 25.1. The first kappa shape index (κ1) is 14.6. The van der Waals surface area contributed by atoms with Gasteiger partial charge in [-0.2, -0.15) is 0 Å². The minimum Gasteiger partial charge on any atom is -0.486 e. The lowest BCUT2D eigenvalue weighted by molar-refractivity contribution is -0.144. The lowest BCUT2D eigenvalue weighted by Crippen LogP contribution is -2.57. The van der Waals surface area contributed by atoms with Crippen LogP contribution >= 0.6 is 0 Å². The maximum Gasteiger partial charge on any atom is 0.339 e. The zero-order valence-corrected chi connectivity index (χ0v) is 12.2. The average molecular weight is 279 g/mol. The Bertz CT molecular complexity index is 527. The van der Waals surface area contributed by atoms with E-state index in [9.17, 15) is 9.59 Å². The number of carbonyl (C=O) groups is 1. The number of hydrogen-bond acceptors (Lipinski definition) is 4. The highest BCUT2D eigenvalue weighted by Gasteiger charge is 2.34. The van der Waals surface area contributed by atoms with Crippen LogP contribution in [0.5, 0.6) is 5.75 Å². The molecule has 20 heavy (non-hydrogen) atoms. The number of ether oxygens (including phenoxy) is 1. The zero-order valence-electron chi connectivity index (χ0n) is 12.2. The van der Waals surface area contributed by atoms with Gasteiger partial charge in [-0.25, -0.2) is 4.79 Å². The van der Waals surface area contributed by atoms with Gasteiger partial charge < -0.3 is 14.1 Å². The van der Waals surface area contributed by atoms with Crippen molar-refractivity contribution in [1.29, 1.82) is 0 Å². The Balaban J connectivity index is 1.88. The van der Waals surface area contributed by atoms with Crippen molar-refractivity contribution in [3.8, 4) is 5.75 Å². The van der Waals surface area contributed by atoms with Crippen molar-refractivity contribution in [2.45, 2.75) is 39.7 Å². The molecule has 1 aliphatic rings. The van der Waals surface area contributed by atoms with E-state index in [1.165, 1.54) is 6.07 Å². The fourth-order valence-corrected chi connectivity index (χ4v) is 2.42. The van der Waals surface area contributed by atoms with Crippen LogP contribution in [0.2, 0.25) is 0 Å². The minimum absolute atomic E-state index is 0.0329. The SMILES string of the molecule is CCC(CC)C(=O)N1CC(Oc2cc(C)oc(=O)c2)C1. The van der Waals surface area contributed by atoms with E-state index in [4.69, 9.17) is 9.15 Å². The second kappa shape index (κ2) is 6.11. The van der Waals surface area contributed by atoms with Crippen molar-refractivity contribution in [3.05, 3.63) is 28.3 Å². The molecule has 1 amide bonds. The van der Waals surface area contributed by atoms with Gasteiger partial charge in [0.15, 0.2) is 0 Å². The molecule has 1 fully saturated rings. The molecule has 5 heteroatoms. The topological polar surface area (TPSA) is 59.8 Å². The van der Waals surface area contributed by atoms with Gasteiger partial charge in [0, 0.05) is 12.0 Å². The van der Waals surface area contributed by atoms with E-state index in [2.05, 4.69) is 0 Å². The van der Waals surface area contributed by atoms with Crippen molar-refractivity contribution < 1.29 is 13.9 Å². The first-order valence-electron chi connectivity index (χ1n) is 7.10. The molecule has 5 nitrogen and oxygen atoms in total. The third-order valence-electron chi connectivity index (χ3n) is 3.66. The van der Waals surface area contributed by atoms with Crippen LogP contribution in [0.4, 0.5) is 0 Å². The third-order valence-corrected chi connectivity index (χ3v) is 3.66. The Morgan fingerprint density at radius 2 is 2.05 bits per heavy atom. The molecular formula is C15H21NO4. The summed E-state index contributed by atoms with van der Waals surface area (Å²) in [5.41, 5.74) is -0.413. The molecule has 0 aromatic carbocycles. The Labute approximate surface area is 118 Å². The summed E-state index contributed by atoms with van der Waals surface area (Å²) in [6, 6.07) is 3.02. The summed E-state index contributed by atoms with van der Waals surface area (Å²) >= 11 is 0. The smallest absolute Gasteiger partial charge is 0.339 e. The molecule has 1 aromatic heterocycles. The van der Waals surface area contributed by atoms with Gasteiger partial charge in [0.25, 0.3) is 0 Å². The Morgan fingerprint density at radius 3 is 2.60 bits per heavy atom. The summed E-state index contributed by atoms with van der Waals surface area (Å²) in [6.45, 7) is 6.96. The lowest BCUT2D eigenvalue weighted by atomic mass is 9.99. The number of amides is 1. The summed E-state index contributed by atoms with van der Waals surface area (Å²) in [5, 5.41) is 0. The second-order valence-electron chi connectivity index (χ2n) is 5.22. The number of rotatable bonds is 5. The van der Waals surface area contributed by atoms with Crippen LogP contribution in [0.15, 0.2) is 21.3 Å². The minimum atomic E-state index is -0.413. The van der Waals surface area contributed by atoms with Crippen molar-refractivity contribution >= 4 is 5.91 Å². The first-order valence-corrected chi connectivity index (χ1v) is 7.10. The van der Waals surface area contributed by atoms with Crippen molar-refractivity contribution in [2.24, 2.45) is 5.92 Å². The van der Waals surface area contributed by atoms with Gasteiger partial charge in [-0.1, -0.05) is 13.8 Å². The monoisotopic (exact) mass is 279 g/mol. The predicted octanol–water partition coefficient (Wildman–Crippen LogP) is 1.97. The fraction of sp³-hybridized carbons (Fsp3) is 0.600. The molecule has 0 atom stereocenters. The third kappa shape index (κ3) is 3.21. The molecule has 0 aliphatic carbocycles. The highest BCUT2D eigenvalue weighted by molar-refractivity contribution is 5.79. The van der Waals surface area contributed by atoms with Crippen LogP contribution in [0.3, 0.4) is 0 Å². The van der Waals surface area contributed by atoms with Crippen LogP contribution in [-0.2, 0) is 4.79 Å². The zero-order chi connectivity index (χ0) is 14.7. The summed E-state index contributed by atoms with van der Waals surface area (Å²) in [6.07, 6.45) is 1.71. The number of nitrogens with zero attached hydrogens (tertiary/aromatic N) is 1. The van der Waals surface area contributed by atoms with E-state index in [1.54, 1.807) is 13.0 Å². The molecule has 2 rings (SSSR count). The molecule has 1 aromatic rings. The molecule has 110 valence electrons. The maximum absolute atomic E-state index is 12.1. The number of aryl methyl sites for hydroxylation is 1. The predicted molar refractivity (Wildman–Crippen MR) is 74.8 cm³/mol. The summed E-state index contributed by atoms with van der Waals surface area (Å²) in [7, 11) is 0. The standard InChI is InChI=1S/C15H21NO4/c1-4-11(5-2)15(18)16-8-13(9-16)20-12-6-10(3)19-14(17)7-12/h6-7,11,13H,4-5,8-9H2,1-3H3. The Hall–Kier alpha value is -1.78. The fourth-order valence-electron chi connectivity index (χ4n) is 2.42. The summed E-state index contributed by atoms with van der Waals surface area (Å²) in [5.74, 6) is 1.36. The largest absolute Gasteiger partial charge is 0.486 e. The van der Waals surface area contributed by atoms with Gasteiger partial charge in [-0.3, -0.25) is 4.79 Å². The normalized spacial score (nSPS) is 15.3. The van der Waals surface area contributed by atoms with Crippen molar-refractivity contribution in [2.75, 3.05) is 13.1 Å². The quantitative estimate of drug-likeness (QED) is 0.827. The van der Waals surface area contributed by atoms with E-state index < -0.39 is 5.63 Å². The van der Waals surface area contributed by atoms with E-state index in [0.717, 1.165) is 12.8 Å².